The minimum absolute atomic E-state index is 0.0423. The van der Waals surface area contributed by atoms with Crippen molar-refractivity contribution in [2.75, 3.05) is 13.2 Å². The normalized spacial score (nSPS) is 22.0. The van der Waals surface area contributed by atoms with Crippen LogP contribution in [0.5, 0.6) is 0 Å². The summed E-state index contributed by atoms with van der Waals surface area (Å²) in [5.74, 6) is -1.90. The largest absolute Gasteiger partial charge is 0.463 e. The lowest BCUT2D eigenvalue weighted by atomic mass is 9.93. The van der Waals surface area contributed by atoms with Gasteiger partial charge in [0.25, 0.3) is 11.3 Å². The average molecular weight is 595 g/mol. The van der Waals surface area contributed by atoms with Gasteiger partial charge in [-0.1, -0.05) is 36.4 Å². The molecule has 5 heterocycles. The Morgan fingerprint density at radius 1 is 0.727 bits per heavy atom. The van der Waals surface area contributed by atoms with E-state index in [2.05, 4.69) is 20.6 Å². The van der Waals surface area contributed by atoms with Gasteiger partial charge in [0, 0.05) is 24.8 Å². The summed E-state index contributed by atoms with van der Waals surface area (Å²) in [4.78, 5) is 65.6. The number of esters is 2. The molecule has 0 saturated carbocycles. The van der Waals surface area contributed by atoms with Crippen molar-refractivity contribution in [3.05, 3.63) is 94.6 Å². The van der Waals surface area contributed by atoms with Crippen LogP contribution in [0.2, 0.25) is 0 Å². The number of rotatable bonds is 8. The van der Waals surface area contributed by atoms with E-state index in [1.165, 1.54) is 9.80 Å². The van der Waals surface area contributed by atoms with Crippen LogP contribution < -0.4 is 10.6 Å². The monoisotopic (exact) mass is 594 g/mol. The van der Waals surface area contributed by atoms with E-state index in [9.17, 15) is 19.2 Å². The summed E-state index contributed by atoms with van der Waals surface area (Å²) in [7, 11) is 0. The third kappa shape index (κ3) is 4.37. The molecule has 3 aliphatic heterocycles. The van der Waals surface area contributed by atoms with E-state index in [1.807, 2.05) is 60.7 Å². The molecule has 0 aliphatic carbocycles. The minimum Gasteiger partial charge on any atom is -0.463 e. The molecule has 44 heavy (non-hydrogen) atoms. The maximum absolute atomic E-state index is 14.0. The fourth-order valence-corrected chi connectivity index (χ4v) is 6.02. The number of urea groups is 2. The van der Waals surface area contributed by atoms with Crippen molar-refractivity contribution in [2.45, 2.75) is 38.3 Å². The van der Waals surface area contributed by atoms with Gasteiger partial charge in [0.15, 0.2) is 0 Å². The van der Waals surface area contributed by atoms with Crippen LogP contribution in [-0.2, 0) is 32.2 Å². The first-order valence-corrected chi connectivity index (χ1v) is 14.2. The van der Waals surface area contributed by atoms with E-state index in [4.69, 9.17) is 9.47 Å². The predicted molar refractivity (Wildman–Crippen MR) is 160 cm³/mol. The number of carbonyl (C=O) groups is 4. The maximum Gasteiger partial charge on any atom is 0.358 e. The highest BCUT2D eigenvalue weighted by Crippen LogP contribution is 2.48. The number of benzene rings is 1. The lowest BCUT2D eigenvalue weighted by Crippen LogP contribution is -2.74. The van der Waals surface area contributed by atoms with Crippen molar-refractivity contribution in [3.8, 4) is 0 Å². The number of aromatic nitrogens is 2. The first-order chi connectivity index (χ1) is 21.4. The number of fused-ring (bicyclic) bond motifs is 1. The average Bonchev–Trinajstić information content (AvgIpc) is 3.32. The van der Waals surface area contributed by atoms with Crippen molar-refractivity contribution < 1.29 is 28.7 Å². The van der Waals surface area contributed by atoms with Crippen LogP contribution in [0.3, 0.4) is 0 Å². The summed E-state index contributed by atoms with van der Waals surface area (Å²) in [6.45, 7) is 2.90. The summed E-state index contributed by atoms with van der Waals surface area (Å²) < 4.78 is 10.8. The second-order valence-electron chi connectivity index (χ2n) is 10.3. The molecule has 2 N–H and O–H groups in total. The van der Waals surface area contributed by atoms with Gasteiger partial charge in [-0.25, -0.2) is 19.2 Å². The zero-order valence-corrected chi connectivity index (χ0v) is 24.1. The zero-order chi connectivity index (χ0) is 30.9. The molecule has 0 spiro atoms. The van der Waals surface area contributed by atoms with Crippen molar-refractivity contribution in [2.24, 2.45) is 0 Å². The molecule has 2 fully saturated rings. The Kier molecular flexibility index (Phi) is 7.33. The summed E-state index contributed by atoms with van der Waals surface area (Å²) in [6.07, 6.45) is 14.4. The molecular formula is C32H30N6O6. The van der Waals surface area contributed by atoms with Gasteiger partial charge in [-0.15, -0.1) is 0 Å². The molecule has 0 bridgehead atoms. The molecule has 2 aromatic heterocycles. The summed E-state index contributed by atoms with van der Waals surface area (Å²) in [6, 6.07) is 9.82. The van der Waals surface area contributed by atoms with Gasteiger partial charge in [-0.05, 0) is 71.5 Å². The van der Waals surface area contributed by atoms with Crippen LogP contribution >= 0.6 is 0 Å². The molecule has 0 atom stereocenters. The second-order valence-corrected chi connectivity index (χ2v) is 10.3. The van der Waals surface area contributed by atoms with E-state index in [0.717, 1.165) is 22.3 Å². The number of nitrogens with one attached hydrogen (secondary N) is 2. The van der Waals surface area contributed by atoms with Gasteiger partial charge >= 0.3 is 24.0 Å². The third-order valence-corrected chi connectivity index (χ3v) is 7.98. The quantitative estimate of drug-likeness (QED) is 0.378. The molecule has 3 aliphatic rings. The summed E-state index contributed by atoms with van der Waals surface area (Å²) >= 11 is 0. The van der Waals surface area contributed by atoms with E-state index < -0.39 is 35.3 Å². The van der Waals surface area contributed by atoms with Crippen molar-refractivity contribution in [1.29, 1.82) is 0 Å². The molecule has 3 aromatic rings. The van der Waals surface area contributed by atoms with E-state index in [0.29, 0.717) is 11.1 Å². The Labute approximate surface area is 253 Å². The lowest BCUT2D eigenvalue weighted by Gasteiger charge is -2.40. The van der Waals surface area contributed by atoms with Crippen LogP contribution in [0, 0.1) is 0 Å². The highest BCUT2D eigenvalue weighted by Gasteiger charge is 2.82. The second kappa shape index (κ2) is 11.3. The highest BCUT2D eigenvalue weighted by molar-refractivity contribution is 6.09. The number of pyridine rings is 2. The molecule has 0 radical (unpaired) electrons. The fourth-order valence-electron chi connectivity index (χ4n) is 6.02. The Morgan fingerprint density at radius 2 is 1.16 bits per heavy atom. The number of amides is 4. The molecule has 12 nitrogen and oxygen atoms in total. The number of hydrogen-bond donors (Lipinski definition) is 2. The molecule has 6 rings (SSSR count). The maximum atomic E-state index is 14.0. The molecule has 4 amide bonds. The minimum atomic E-state index is -2.23. The smallest absolute Gasteiger partial charge is 0.358 e. The lowest BCUT2D eigenvalue weighted by molar-refractivity contribution is -0.178. The Bertz CT molecular complexity index is 1590. The first-order valence-electron chi connectivity index (χ1n) is 14.2. The molecule has 12 heteroatoms. The summed E-state index contributed by atoms with van der Waals surface area (Å²) in [5, 5.41) is 5.17. The molecule has 224 valence electrons. The van der Waals surface area contributed by atoms with Crippen LogP contribution in [0.25, 0.3) is 24.3 Å². The molecular weight excluding hydrogens is 564 g/mol. The predicted octanol–water partition coefficient (Wildman–Crippen LogP) is 3.40. The SMILES string of the molecule is CCOC(=O)C12NC(=O)N3Cc4c(/C=C/c5ccncc5)ccc(/C=C/c5ccncc5)c4CN(C(=O)N1)C32C(=O)OCC. The highest BCUT2D eigenvalue weighted by atomic mass is 16.5. The Balaban J connectivity index is 1.56. The zero-order valence-electron chi connectivity index (χ0n) is 24.1. The number of carbonyl (C=O) groups excluding carboxylic acids is 4. The van der Waals surface area contributed by atoms with Crippen LogP contribution in [0.15, 0.2) is 61.2 Å². The molecule has 1 aromatic carbocycles. The van der Waals surface area contributed by atoms with Crippen molar-refractivity contribution >= 4 is 48.3 Å². The van der Waals surface area contributed by atoms with E-state index >= 15 is 0 Å². The number of ether oxygens (including phenoxy) is 2. The Hall–Kier alpha value is -5.52. The van der Waals surface area contributed by atoms with E-state index in [1.54, 1.807) is 38.6 Å². The van der Waals surface area contributed by atoms with Crippen LogP contribution in [0.4, 0.5) is 9.59 Å². The molecule has 2 saturated heterocycles. The summed E-state index contributed by atoms with van der Waals surface area (Å²) in [5.41, 5.74) is 0.326. The van der Waals surface area contributed by atoms with Gasteiger partial charge < -0.3 is 20.1 Å². The van der Waals surface area contributed by atoms with Gasteiger partial charge in [-0.2, -0.15) is 0 Å². The number of hydrogen-bond acceptors (Lipinski definition) is 8. The topological polar surface area (TPSA) is 143 Å². The van der Waals surface area contributed by atoms with Gasteiger partial charge in [0.05, 0.1) is 26.3 Å². The molecule has 0 unspecified atom stereocenters. The van der Waals surface area contributed by atoms with Gasteiger partial charge in [-0.3, -0.25) is 19.8 Å². The first kappa shape index (κ1) is 28.6. The fraction of sp³-hybridized carbons (Fsp3) is 0.250. The Morgan fingerprint density at radius 3 is 1.59 bits per heavy atom. The van der Waals surface area contributed by atoms with Gasteiger partial charge in [0.1, 0.15) is 0 Å². The van der Waals surface area contributed by atoms with Crippen LogP contribution in [0.1, 0.15) is 47.2 Å². The van der Waals surface area contributed by atoms with Crippen molar-refractivity contribution in [3.63, 3.8) is 0 Å². The number of nitrogens with zero attached hydrogens (tertiary/aromatic N) is 4. The van der Waals surface area contributed by atoms with Crippen molar-refractivity contribution in [1.82, 2.24) is 30.4 Å². The third-order valence-electron chi connectivity index (χ3n) is 7.98. The van der Waals surface area contributed by atoms with Gasteiger partial charge in [0.2, 0.25) is 0 Å². The van der Waals surface area contributed by atoms with E-state index in [-0.39, 0.29) is 26.3 Å². The standard InChI is InChI=1S/C32H30N6O6/c1-3-43-27(39)31-32(28(40)44-4-2)37(29(41)35-31)19-25-23(7-5-21-11-15-33-16-12-21)9-10-24(8-6-22-13-17-34-18-14-22)26(25)20-38(32)30(42)36-31/h5-18H,3-4,19-20H2,1-2H3,(H,35,41)(H,36,42)/b7-5+,8-6+. The van der Waals surface area contributed by atoms with Crippen LogP contribution in [-0.4, -0.2) is 68.3 Å².